The SMILES string of the molecule is COCC(CC(=O)O)c1cc[nH]c1. The fourth-order valence-corrected chi connectivity index (χ4v) is 1.28. The summed E-state index contributed by atoms with van der Waals surface area (Å²) in [6.07, 6.45) is 3.68. The molecule has 1 heterocycles. The van der Waals surface area contributed by atoms with E-state index in [1.165, 1.54) is 0 Å². The molecule has 0 saturated carbocycles. The van der Waals surface area contributed by atoms with Crippen LogP contribution in [-0.4, -0.2) is 29.8 Å². The van der Waals surface area contributed by atoms with E-state index >= 15 is 0 Å². The van der Waals surface area contributed by atoms with Gasteiger partial charge in [0, 0.05) is 25.4 Å². The standard InChI is InChI=1S/C9H13NO3/c1-13-6-8(4-9(11)12)7-2-3-10-5-7/h2-3,5,8,10H,4,6H2,1H3,(H,11,12). The van der Waals surface area contributed by atoms with Crippen LogP contribution < -0.4 is 0 Å². The molecule has 1 unspecified atom stereocenters. The summed E-state index contributed by atoms with van der Waals surface area (Å²) in [4.78, 5) is 13.4. The Hall–Kier alpha value is -1.29. The minimum absolute atomic E-state index is 0.0613. The molecular formula is C9H13NO3. The fourth-order valence-electron chi connectivity index (χ4n) is 1.28. The monoisotopic (exact) mass is 183 g/mol. The van der Waals surface area contributed by atoms with E-state index in [0.29, 0.717) is 6.61 Å². The molecule has 0 amide bonds. The van der Waals surface area contributed by atoms with Gasteiger partial charge in [0.25, 0.3) is 0 Å². The molecule has 0 radical (unpaired) electrons. The van der Waals surface area contributed by atoms with Crippen LogP contribution in [0.25, 0.3) is 0 Å². The third-order valence-electron chi connectivity index (χ3n) is 1.88. The molecule has 4 heteroatoms. The van der Waals surface area contributed by atoms with Gasteiger partial charge >= 0.3 is 5.97 Å². The molecule has 0 aliphatic carbocycles. The third-order valence-corrected chi connectivity index (χ3v) is 1.88. The van der Waals surface area contributed by atoms with E-state index in [1.807, 2.05) is 6.07 Å². The summed E-state index contributed by atoms with van der Waals surface area (Å²) in [5.74, 6) is -0.864. The molecule has 1 aromatic heterocycles. The lowest BCUT2D eigenvalue weighted by Gasteiger charge is -2.11. The third kappa shape index (κ3) is 2.91. The van der Waals surface area contributed by atoms with Crippen LogP contribution in [0.5, 0.6) is 0 Å². The highest BCUT2D eigenvalue weighted by Crippen LogP contribution is 2.19. The lowest BCUT2D eigenvalue weighted by Crippen LogP contribution is -2.10. The molecule has 4 nitrogen and oxygen atoms in total. The number of hydrogen-bond acceptors (Lipinski definition) is 2. The Labute approximate surface area is 76.5 Å². The number of carboxylic acid groups (broad SMARTS) is 1. The summed E-state index contributed by atoms with van der Waals surface area (Å²) in [7, 11) is 1.57. The molecule has 0 saturated heterocycles. The Morgan fingerprint density at radius 3 is 3.00 bits per heavy atom. The van der Waals surface area contributed by atoms with E-state index in [1.54, 1.807) is 19.5 Å². The second-order valence-corrected chi connectivity index (χ2v) is 2.89. The first kappa shape index (κ1) is 9.80. The maximum Gasteiger partial charge on any atom is 0.304 e. The molecule has 0 bridgehead atoms. The van der Waals surface area contributed by atoms with Gasteiger partial charge in [0.15, 0.2) is 0 Å². The number of rotatable bonds is 5. The van der Waals surface area contributed by atoms with E-state index in [9.17, 15) is 4.79 Å². The van der Waals surface area contributed by atoms with Crippen molar-refractivity contribution < 1.29 is 14.6 Å². The maximum atomic E-state index is 10.5. The van der Waals surface area contributed by atoms with Gasteiger partial charge in [-0.1, -0.05) is 0 Å². The largest absolute Gasteiger partial charge is 0.481 e. The summed E-state index contributed by atoms with van der Waals surface area (Å²) in [6.45, 7) is 0.435. The van der Waals surface area contributed by atoms with Gasteiger partial charge in [0.1, 0.15) is 0 Å². The summed E-state index contributed by atoms with van der Waals surface area (Å²) >= 11 is 0. The summed E-state index contributed by atoms with van der Waals surface area (Å²) < 4.78 is 4.95. The van der Waals surface area contributed by atoms with Gasteiger partial charge in [-0.25, -0.2) is 0 Å². The number of aromatic nitrogens is 1. The van der Waals surface area contributed by atoms with E-state index in [0.717, 1.165) is 5.56 Å². The second kappa shape index (κ2) is 4.67. The molecule has 0 aliphatic rings. The molecule has 72 valence electrons. The van der Waals surface area contributed by atoms with Gasteiger partial charge in [-0.2, -0.15) is 0 Å². The van der Waals surface area contributed by atoms with Crippen LogP contribution in [0.4, 0.5) is 0 Å². The van der Waals surface area contributed by atoms with Crippen molar-refractivity contribution in [3.8, 4) is 0 Å². The zero-order valence-corrected chi connectivity index (χ0v) is 7.49. The predicted molar refractivity (Wildman–Crippen MR) is 47.7 cm³/mol. The zero-order chi connectivity index (χ0) is 9.68. The highest BCUT2D eigenvalue weighted by atomic mass is 16.5. The molecule has 0 spiro atoms. The van der Waals surface area contributed by atoms with Crippen LogP contribution >= 0.6 is 0 Å². The van der Waals surface area contributed by atoms with Crippen molar-refractivity contribution in [3.63, 3.8) is 0 Å². The summed E-state index contributed by atoms with van der Waals surface area (Å²) in [6, 6.07) is 1.87. The molecule has 1 rings (SSSR count). The number of methoxy groups -OCH3 is 1. The van der Waals surface area contributed by atoms with Crippen LogP contribution in [0.3, 0.4) is 0 Å². The molecule has 2 N–H and O–H groups in total. The first-order chi connectivity index (χ1) is 6.24. The lowest BCUT2D eigenvalue weighted by molar-refractivity contribution is -0.137. The Morgan fingerprint density at radius 2 is 2.54 bits per heavy atom. The molecule has 0 aliphatic heterocycles. The molecule has 1 aromatic rings. The Morgan fingerprint density at radius 1 is 1.77 bits per heavy atom. The summed E-state index contributed by atoms with van der Waals surface area (Å²) in [5, 5.41) is 8.64. The average molecular weight is 183 g/mol. The van der Waals surface area contributed by atoms with Crippen molar-refractivity contribution in [2.75, 3.05) is 13.7 Å². The number of carbonyl (C=O) groups is 1. The number of H-pyrrole nitrogens is 1. The molecule has 0 fully saturated rings. The van der Waals surface area contributed by atoms with Gasteiger partial charge in [-0.05, 0) is 11.6 Å². The van der Waals surface area contributed by atoms with E-state index in [2.05, 4.69) is 4.98 Å². The van der Waals surface area contributed by atoms with Gasteiger partial charge in [-0.3, -0.25) is 4.79 Å². The molecular weight excluding hydrogens is 170 g/mol. The van der Waals surface area contributed by atoms with E-state index in [-0.39, 0.29) is 12.3 Å². The number of ether oxygens (including phenoxy) is 1. The van der Waals surface area contributed by atoms with E-state index in [4.69, 9.17) is 9.84 Å². The lowest BCUT2D eigenvalue weighted by atomic mass is 10.00. The quantitative estimate of drug-likeness (QED) is 0.721. The fraction of sp³-hybridized carbons (Fsp3) is 0.444. The number of aromatic amines is 1. The van der Waals surface area contributed by atoms with Crippen molar-refractivity contribution >= 4 is 5.97 Å². The number of carboxylic acids is 1. The number of hydrogen-bond donors (Lipinski definition) is 2. The topological polar surface area (TPSA) is 62.3 Å². The van der Waals surface area contributed by atoms with Crippen LogP contribution in [0.1, 0.15) is 17.9 Å². The minimum atomic E-state index is -0.803. The zero-order valence-electron chi connectivity index (χ0n) is 7.49. The second-order valence-electron chi connectivity index (χ2n) is 2.89. The van der Waals surface area contributed by atoms with Gasteiger partial charge in [0.2, 0.25) is 0 Å². The normalized spacial score (nSPS) is 12.7. The number of nitrogens with one attached hydrogen (secondary N) is 1. The minimum Gasteiger partial charge on any atom is -0.481 e. The highest BCUT2D eigenvalue weighted by Gasteiger charge is 2.15. The number of aliphatic carboxylic acids is 1. The molecule has 13 heavy (non-hydrogen) atoms. The molecule has 0 aromatic carbocycles. The first-order valence-electron chi connectivity index (χ1n) is 4.07. The van der Waals surface area contributed by atoms with E-state index < -0.39 is 5.97 Å². The Kier molecular flexibility index (Phi) is 3.52. The maximum absolute atomic E-state index is 10.5. The van der Waals surface area contributed by atoms with Gasteiger partial charge in [0.05, 0.1) is 13.0 Å². The molecule has 1 atom stereocenters. The van der Waals surface area contributed by atoms with Crippen molar-refractivity contribution in [1.82, 2.24) is 4.98 Å². The van der Waals surface area contributed by atoms with Crippen LogP contribution in [0.15, 0.2) is 18.5 Å². The highest BCUT2D eigenvalue weighted by molar-refractivity contribution is 5.68. The average Bonchev–Trinajstić information content (AvgIpc) is 2.54. The van der Waals surface area contributed by atoms with Crippen LogP contribution in [0.2, 0.25) is 0 Å². The Balaban J connectivity index is 2.62. The smallest absolute Gasteiger partial charge is 0.304 e. The van der Waals surface area contributed by atoms with Gasteiger partial charge < -0.3 is 14.8 Å². The van der Waals surface area contributed by atoms with Crippen molar-refractivity contribution in [2.24, 2.45) is 0 Å². The Bertz CT molecular complexity index is 256. The van der Waals surface area contributed by atoms with Gasteiger partial charge in [-0.15, -0.1) is 0 Å². The van der Waals surface area contributed by atoms with Crippen molar-refractivity contribution in [1.29, 1.82) is 0 Å². The van der Waals surface area contributed by atoms with Crippen LogP contribution in [0, 0.1) is 0 Å². The van der Waals surface area contributed by atoms with Crippen LogP contribution in [-0.2, 0) is 9.53 Å². The first-order valence-corrected chi connectivity index (χ1v) is 4.07. The van der Waals surface area contributed by atoms with Crippen molar-refractivity contribution in [3.05, 3.63) is 24.0 Å². The predicted octanol–water partition coefficient (Wildman–Crippen LogP) is 1.22. The van der Waals surface area contributed by atoms with Crippen molar-refractivity contribution in [2.45, 2.75) is 12.3 Å². The summed E-state index contributed by atoms with van der Waals surface area (Å²) in [5.41, 5.74) is 0.976.